The molecule has 1 atom stereocenters. The van der Waals surface area contributed by atoms with Gasteiger partial charge in [0.05, 0.1) is 13.2 Å². The van der Waals surface area contributed by atoms with Crippen molar-refractivity contribution in [3.63, 3.8) is 0 Å². The summed E-state index contributed by atoms with van der Waals surface area (Å²) in [6.45, 7) is 7.91. The molecule has 0 amide bonds. The molecule has 0 spiro atoms. The molecule has 4 nitrogen and oxygen atoms in total. The number of benzene rings is 2. The predicted molar refractivity (Wildman–Crippen MR) is 129 cm³/mol. The lowest BCUT2D eigenvalue weighted by Crippen LogP contribution is -2.38. The molecule has 172 valence electrons. The van der Waals surface area contributed by atoms with Crippen molar-refractivity contribution in [1.82, 2.24) is 4.90 Å². The van der Waals surface area contributed by atoms with Gasteiger partial charge in [-0.3, -0.25) is 9.69 Å². The molecule has 0 aromatic heterocycles. The second-order valence-electron chi connectivity index (χ2n) is 8.84. The molecule has 2 aliphatic rings. The molecule has 1 heterocycles. The topological polar surface area (TPSA) is 38.8 Å². The molecule has 1 aliphatic carbocycles. The minimum atomic E-state index is -0.861. The van der Waals surface area contributed by atoms with Gasteiger partial charge in [0.2, 0.25) is 0 Å². The van der Waals surface area contributed by atoms with Crippen LogP contribution >= 0.6 is 23.2 Å². The average molecular weight is 476 g/mol. The van der Waals surface area contributed by atoms with Gasteiger partial charge in [-0.15, -0.1) is 11.6 Å². The van der Waals surface area contributed by atoms with E-state index in [-0.39, 0.29) is 5.78 Å². The summed E-state index contributed by atoms with van der Waals surface area (Å²) in [5, 5.41) is 0.767. The number of hydrogen-bond donors (Lipinski definition) is 0. The van der Waals surface area contributed by atoms with Crippen molar-refractivity contribution in [2.75, 3.05) is 26.3 Å². The summed E-state index contributed by atoms with van der Waals surface area (Å²) >= 11 is 13.0. The van der Waals surface area contributed by atoms with Crippen LogP contribution in [0, 0.1) is 5.92 Å². The number of piperidine rings is 1. The zero-order valence-corrected chi connectivity index (χ0v) is 20.3. The van der Waals surface area contributed by atoms with E-state index in [2.05, 4.69) is 17.0 Å². The van der Waals surface area contributed by atoms with E-state index < -0.39 is 4.87 Å². The third-order valence-electron chi connectivity index (χ3n) is 6.53. The van der Waals surface area contributed by atoms with Crippen molar-refractivity contribution in [2.45, 2.75) is 50.9 Å². The molecule has 2 aromatic carbocycles. The van der Waals surface area contributed by atoms with Gasteiger partial charge < -0.3 is 9.47 Å². The SMILES string of the molecule is CCOc1cc2c(cc1OCC)C(=O)C(Cl)(CC1CCN(Cc3ccc(Cl)cc3)CC1)C2. The number of halogens is 2. The quantitative estimate of drug-likeness (QED) is 0.428. The number of fused-ring (bicyclic) bond motifs is 1. The summed E-state index contributed by atoms with van der Waals surface area (Å²) in [4.78, 5) is 14.9. The third kappa shape index (κ3) is 5.08. The number of Topliss-reactive ketones (excluding diaryl/α,β-unsaturated/α-hetero) is 1. The Kier molecular flexibility index (Phi) is 7.34. The van der Waals surface area contributed by atoms with Crippen LogP contribution in [0.25, 0.3) is 0 Å². The van der Waals surface area contributed by atoms with Crippen LogP contribution in [-0.4, -0.2) is 41.9 Å². The fourth-order valence-corrected chi connectivity index (χ4v) is 5.53. The molecule has 1 unspecified atom stereocenters. The molecular weight excluding hydrogens is 445 g/mol. The van der Waals surface area contributed by atoms with Crippen LogP contribution in [0.2, 0.25) is 5.02 Å². The highest BCUT2D eigenvalue weighted by Gasteiger charge is 2.46. The Bertz CT molecular complexity index is 954. The Hall–Kier alpha value is -1.75. The summed E-state index contributed by atoms with van der Waals surface area (Å²) in [5.74, 6) is 1.79. The highest BCUT2D eigenvalue weighted by atomic mass is 35.5. The highest BCUT2D eigenvalue weighted by molar-refractivity contribution is 6.39. The molecule has 0 bridgehead atoms. The van der Waals surface area contributed by atoms with E-state index >= 15 is 0 Å². The number of ether oxygens (including phenoxy) is 2. The molecule has 0 radical (unpaired) electrons. The number of hydrogen-bond acceptors (Lipinski definition) is 4. The Morgan fingerprint density at radius 2 is 1.66 bits per heavy atom. The molecular formula is C26H31Cl2NO3. The third-order valence-corrected chi connectivity index (χ3v) is 7.24. The molecule has 2 aromatic rings. The second kappa shape index (κ2) is 10.0. The van der Waals surface area contributed by atoms with Crippen molar-refractivity contribution in [1.29, 1.82) is 0 Å². The molecule has 0 N–H and O–H groups in total. The van der Waals surface area contributed by atoms with Gasteiger partial charge in [0.1, 0.15) is 4.87 Å². The van der Waals surface area contributed by atoms with E-state index in [9.17, 15) is 4.79 Å². The van der Waals surface area contributed by atoms with Crippen LogP contribution in [0.1, 0.15) is 54.6 Å². The van der Waals surface area contributed by atoms with Gasteiger partial charge >= 0.3 is 0 Å². The Labute approximate surface area is 200 Å². The van der Waals surface area contributed by atoms with Crippen molar-refractivity contribution in [2.24, 2.45) is 5.92 Å². The zero-order valence-electron chi connectivity index (χ0n) is 18.8. The molecule has 1 aliphatic heterocycles. The first kappa shape index (κ1) is 23.4. The molecule has 1 fully saturated rings. The van der Waals surface area contributed by atoms with Gasteiger partial charge in [-0.25, -0.2) is 0 Å². The maximum absolute atomic E-state index is 13.3. The van der Waals surface area contributed by atoms with Crippen LogP contribution in [-0.2, 0) is 13.0 Å². The van der Waals surface area contributed by atoms with E-state index in [0.717, 1.165) is 43.1 Å². The number of carbonyl (C=O) groups excluding carboxylic acids is 1. The standard InChI is InChI=1S/C26H31Cl2NO3/c1-3-31-23-13-20-16-26(28,25(30)22(20)14-24(23)32-4-2)15-18-9-11-29(12-10-18)17-19-5-7-21(27)8-6-19/h5-8,13-14,18H,3-4,9-12,15-17H2,1-2H3. The lowest BCUT2D eigenvalue weighted by Gasteiger charge is -2.34. The smallest absolute Gasteiger partial charge is 0.184 e. The molecule has 1 saturated heterocycles. The minimum Gasteiger partial charge on any atom is -0.490 e. The van der Waals surface area contributed by atoms with E-state index in [1.807, 2.05) is 38.1 Å². The number of alkyl halides is 1. The van der Waals surface area contributed by atoms with Crippen LogP contribution in [0.4, 0.5) is 0 Å². The zero-order chi connectivity index (χ0) is 22.7. The summed E-state index contributed by atoms with van der Waals surface area (Å²) in [6.07, 6.45) is 3.38. The first-order valence-corrected chi connectivity index (χ1v) is 12.3. The normalized spacial score (nSPS) is 21.6. The molecule has 6 heteroatoms. The first-order valence-electron chi connectivity index (χ1n) is 11.5. The Balaban J connectivity index is 1.38. The van der Waals surface area contributed by atoms with Crippen molar-refractivity contribution in [3.05, 3.63) is 58.1 Å². The Morgan fingerprint density at radius 3 is 2.28 bits per heavy atom. The van der Waals surface area contributed by atoms with Crippen LogP contribution in [0.5, 0.6) is 11.5 Å². The molecule has 32 heavy (non-hydrogen) atoms. The fraction of sp³-hybridized carbons (Fsp3) is 0.500. The van der Waals surface area contributed by atoms with Gasteiger partial charge in [0.15, 0.2) is 17.3 Å². The maximum atomic E-state index is 13.3. The van der Waals surface area contributed by atoms with Gasteiger partial charge in [-0.05, 0) is 93.9 Å². The second-order valence-corrected chi connectivity index (χ2v) is 10.0. The first-order chi connectivity index (χ1) is 15.4. The highest BCUT2D eigenvalue weighted by Crippen LogP contribution is 2.45. The number of carbonyl (C=O) groups is 1. The van der Waals surface area contributed by atoms with E-state index in [1.54, 1.807) is 0 Å². The van der Waals surface area contributed by atoms with Gasteiger partial charge in [-0.1, -0.05) is 23.7 Å². The monoisotopic (exact) mass is 475 g/mol. The lowest BCUT2D eigenvalue weighted by atomic mass is 9.84. The summed E-state index contributed by atoms with van der Waals surface area (Å²) in [6, 6.07) is 11.8. The lowest BCUT2D eigenvalue weighted by molar-refractivity contribution is 0.0919. The number of likely N-dealkylation sites (tertiary alicyclic amines) is 1. The van der Waals surface area contributed by atoms with Crippen molar-refractivity contribution < 1.29 is 14.3 Å². The fourth-order valence-electron chi connectivity index (χ4n) is 4.94. The van der Waals surface area contributed by atoms with E-state index in [4.69, 9.17) is 32.7 Å². The predicted octanol–water partition coefficient (Wildman–Crippen LogP) is 6.16. The summed E-state index contributed by atoms with van der Waals surface area (Å²) in [5.41, 5.74) is 2.93. The van der Waals surface area contributed by atoms with Crippen LogP contribution < -0.4 is 9.47 Å². The summed E-state index contributed by atoms with van der Waals surface area (Å²) < 4.78 is 11.5. The van der Waals surface area contributed by atoms with Crippen molar-refractivity contribution in [3.8, 4) is 11.5 Å². The van der Waals surface area contributed by atoms with E-state index in [1.165, 1.54) is 5.56 Å². The average Bonchev–Trinajstić information content (AvgIpc) is 3.01. The molecule has 4 rings (SSSR count). The van der Waals surface area contributed by atoms with Gasteiger partial charge in [-0.2, -0.15) is 0 Å². The minimum absolute atomic E-state index is 0.0294. The van der Waals surface area contributed by atoms with Crippen LogP contribution in [0.15, 0.2) is 36.4 Å². The van der Waals surface area contributed by atoms with Gasteiger partial charge in [0.25, 0.3) is 0 Å². The van der Waals surface area contributed by atoms with E-state index in [0.29, 0.717) is 49.0 Å². The number of ketones is 1. The number of nitrogens with zero attached hydrogens (tertiary/aromatic N) is 1. The molecule has 0 saturated carbocycles. The summed E-state index contributed by atoms with van der Waals surface area (Å²) in [7, 11) is 0. The van der Waals surface area contributed by atoms with Crippen LogP contribution in [0.3, 0.4) is 0 Å². The van der Waals surface area contributed by atoms with Gasteiger partial charge in [0, 0.05) is 17.1 Å². The maximum Gasteiger partial charge on any atom is 0.184 e. The van der Waals surface area contributed by atoms with Crippen molar-refractivity contribution >= 4 is 29.0 Å². The largest absolute Gasteiger partial charge is 0.490 e. The Morgan fingerprint density at radius 1 is 1.03 bits per heavy atom. The number of rotatable bonds is 8.